The molecule has 3 rings (SSSR count). The first-order valence-electron chi connectivity index (χ1n) is 6.44. The Morgan fingerprint density at radius 2 is 2.10 bits per heavy atom. The fourth-order valence-electron chi connectivity index (χ4n) is 2.58. The summed E-state index contributed by atoms with van der Waals surface area (Å²) in [6.45, 7) is 1.20. The van der Waals surface area contributed by atoms with Crippen molar-refractivity contribution in [3.63, 3.8) is 0 Å². The molecule has 8 heteroatoms. The molecule has 1 aliphatic heterocycles. The van der Waals surface area contributed by atoms with E-state index >= 15 is 0 Å². The number of fused-ring (bicyclic) bond motifs is 1. The number of rotatable bonds is 2. The van der Waals surface area contributed by atoms with Gasteiger partial charge in [-0.1, -0.05) is 0 Å². The standard InChI is InChI=1S/C12H15ClN4O3/c1-15-9-8(10(18)16(2)12(15)19)17(11(13)14-9)6-7-4-3-5-20-7/h7H,3-6H2,1-2H3. The van der Waals surface area contributed by atoms with E-state index < -0.39 is 5.69 Å². The molecule has 1 unspecified atom stereocenters. The Labute approximate surface area is 119 Å². The van der Waals surface area contributed by atoms with E-state index in [2.05, 4.69) is 4.98 Å². The van der Waals surface area contributed by atoms with E-state index in [1.165, 1.54) is 11.6 Å². The number of hydrogen-bond acceptors (Lipinski definition) is 4. The van der Waals surface area contributed by atoms with Crippen LogP contribution in [0, 0.1) is 0 Å². The van der Waals surface area contributed by atoms with Gasteiger partial charge in [-0.05, 0) is 24.4 Å². The van der Waals surface area contributed by atoms with E-state index in [0.29, 0.717) is 17.7 Å². The molecule has 2 aromatic heterocycles. The summed E-state index contributed by atoms with van der Waals surface area (Å²) in [6.07, 6.45) is 1.97. The predicted molar refractivity (Wildman–Crippen MR) is 74.2 cm³/mol. The Hall–Kier alpha value is -1.60. The molecule has 3 heterocycles. The van der Waals surface area contributed by atoms with Gasteiger partial charge in [0.05, 0.1) is 12.6 Å². The summed E-state index contributed by atoms with van der Waals surface area (Å²) in [5.41, 5.74) is -0.155. The molecule has 0 saturated carbocycles. The highest BCUT2D eigenvalue weighted by Gasteiger charge is 2.22. The first kappa shape index (κ1) is 13.4. The fraction of sp³-hybridized carbons (Fsp3) is 0.583. The lowest BCUT2D eigenvalue weighted by Crippen LogP contribution is -2.37. The van der Waals surface area contributed by atoms with E-state index in [9.17, 15) is 9.59 Å². The Kier molecular flexibility index (Phi) is 3.18. The number of hydrogen-bond donors (Lipinski definition) is 0. The van der Waals surface area contributed by atoms with Gasteiger partial charge in [0.1, 0.15) is 0 Å². The fourth-order valence-corrected chi connectivity index (χ4v) is 2.81. The van der Waals surface area contributed by atoms with Gasteiger partial charge in [-0.3, -0.25) is 13.9 Å². The van der Waals surface area contributed by atoms with E-state index in [0.717, 1.165) is 24.0 Å². The average molecular weight is 299 g/mol. The first-order valence-corrected chi connectivity index (χ1v) is 6.82. The zero-order chi connectivity index (χ0) is 14.4. The second-order valence-corrected chi connectivity index (χ2v) is 5.34. The molecule has 1 atom stereocenters. The summed E-state index contributed by atoms with van der Waals surface area (Å²) >= 11 is 6.13. The van der Waals surface area contributed by atoms with Gasteiger partial charge in [-0.25, -0.2) is 4.79 Å². The largest absolute Gasteiger partial charge is 0.376 e. The zero-order valence-electron chi connectivity index (χ0n) is 11.3. The van der Waals surface area contributed by atoms with E-state index in [4.69, 9.17) is 16.3 Å². The number of imidazole rings is 1. The number of aryl methyl sites for hydroxylation is 1. The molecule has 1 saturated heterocycles. The van der Waals surface area contributed by atoms with Crippen molar-refractivity contribution in [2.75, 3.05) is 6.61 Å². The van der Waals surface area contributed by atoms with Gasteiger partial charge in [0, 0.05) is 20.7 Å². The average Bonchev–Trinajstić information content (AvgIpc) is 3.04. The predicted octanol–water partition coefficient (Wildman–Crippen LogP) is 0.266. The van der Waals surface area contributed by atoms with Gasteiger partial charge in [0.25, 0.3) is 5.56 Å². The van der Waals surface area contributed by atoms with Crippen molar-refractivity contribution in [3.8, 4) is 0 Å². The lowest BCUT2D eigenvalue weighted by molar-refractivity contribution is 0.0979. The summed E-state index contributed by atoms with van der Waals surface area (Å²) in [6, 6.07) is 0. The van der Waals surface area contributed by atoms with Gasteiger partial charge in [0.15, 0.2) is 11.2 Å². The van der Waals surface area contributed by atoms with Gasteiger partial charge in [0.2, 0.25) is 5.28 Å². The van der Waals surface area contributed by atoms with Crippen LogP contribution in [0.2, 0.25) is 5.28 Å². The summed E-state index contributed by atoms with van der Waals surface area (Å²) < 4.78 is 9.59. The van der Waals surface area contributed by atoms with Crippen LogP contribution in [-0.2, 0) is 25.4 Å². The minimum absolute atomic E-state index is 0.0341. The molecule has 0 aromatic carbocycles. The molecule has 0 amide bonds. The van der Waals surface area contributed by atoms with Crippen molar-refractivity contribution >= 4 is 22.8 Å². The molecule has 20 heavy (non-hydrogen) atoms. The molecule has 0 aliphatic carbocycles. The van der Waals surface area contributed by atoms with Crippen LogP contribution >= 0.6 is 11.6 Å². The molecule has 0 spiro atoms. The summed E-state index contributed by atoms with van der Waals surface area (Å²) in [5, 5.41) is 0.203. The van der Waals surface area contributed by atoms with E-state index in [-0.39, 0.29) is 16.9 Å². The lowest BCUT2D eigenvalue weighted by Gasteiger charge is -2.12. The van der Waals surface area contributed by atoms with Crippen LogP contribution in [0.3, 0.4) is 0 Å². The highest BCUT2D eigenvalue weighted by molar-refractivity contribution is 6.29. The molecule has 108 valence electrons. The second kappa shape index (κ2) is 4.75. The van der Waals surface area contributed by atoms with Gasteiger partial charge >= 0.3 is 5.69 Å². The Bertz CT molecular complexity index is 783. The van der Waals surface area contributed by atoms with Crippen molar-refractivity contribution < 1.29 is 4.74 Å². The molecular formula is C12H15ClN4O3. The normalized spacial score (nSPS) is 19.1. The van der Waals surface area contributed by atoms with Crippen molar-refractivity contribution in [1.29, 1.82) is 0 Å². The Balaban J connectivity index is 2.24. The molecule has 1 aliphatic rings. The summed E-state index contributed by atoms with van der Waals surface area (Å²) in [4.78, 5) is 28.3. The lowest BCUT2D eigenvalue weighted by atomic mass is 10.2. The number of nitrogens with zero attached hydrogens (tertiary/aromatic N) is 4. The van der Waals surface area contributed by atoms with Crippen LogP contribution in [0.4, 0.5) is 0 Å². The minimum atomic E-state index is -0.416. The molecule has 0 bridgehead atoms. The van der Waals surface area contributed by atoms with Gasteiger partial charge in [-0.2, -0.15) is 4.98 Å². The van der Waals surface area contributed by atoms with Crippen LogP contribution in [-0.4, -0.2) is 31.4 Å². The second-order valence-electron chi connectivity index (χ2n) is 5.00. The highest BCUT2D eigenvalue weighted by atomic mass is 35.5. The van der Waals surface area contributed by atoms with E-state index in [1.807, 2.05) is 0 Å². The van der Waals surface area contributed by atoms with Crippen LogP contribution in [0.5, 0.6) is 0 Å². The van der Waals surface area contributed by atoms with Crippen molar-refractivity contribution in [1.82, 2.24) is 18.7 Å². The van der Waals surface area contributed by atoms with Crippen molar-refractivity contribution in [2.24, 2.45) is 14.1 Å². The van der Waals surface area contributed by atoms with Crippen LogP contribution in [0.25, 0.3) is 11.2 Å². The van der Waals surface area contributed by atoms with Crippen LogP contribution in [0.15, 0.2) is 9.59 Å². The maximum absolute atomic E-state index is 12.3. The zero-order valence-corrected chi connectivity index (χ0v) is 12.1. The first-order chi connectivity index (χ1) is 9.50. The Morgan fingerprint density at radius 1 is 1.35 bits per heavy atom. The topological polar surface area (TPSA) is 71.0 Å². The van der Waals surface area contributed by atoms with Crippen molar-refractivity contribution in [3.05, 3.63) is 26.1 Å². The number of ether oxygens (including phenoxy) is 1. The van der Waals surface area contributed by atoms with Gasteiger partial charge in [-0.15, -0.1) is 0 Å². The number of halogens is 1. The van der Waals surface area contributed by atoms with Crippen molar-refractivity contribution in [2.45, 2.75) is 25.5 Å². The maximum Gasteiger partial charge on any atom is 0.332 e. The smallest absolute Gasteiger partial charge is 0.332 e. The molecular weight excluding hydrogens is 284 g/mol. The summed E-state index contributed by atoms with van der Waals surface area (Å²) in [5.74, 6) is 0. The Morgan fingerprint density at radius 3 is 2.75 bits per heavy atom. The molecule has 0 N–H and O–H groups in total. The molecule has 7 nitrogen and oxygen atoms in total. The third kappa shape index (κ3) is 1.89. The third-order valence-electron chi connectivity index (χ3n) is 3.71. The monoisotopic (exact) mass is 298 g/mol. The SMILES string of the molecule is Cn1c(=O)c2c(nc(Cl)n2CC2CCCO2)n(C)c1=O. The highest BCUT2D eigenvalue weighted by Crippen LogP contribution is 2.20. The minimum Gasteiger partial charge on any atom is -0.376 e. The van der Waals surface area contributed by atoms with E-state index in [1.54, 1.807) is 11.6 Å². The third-order valence-corrected chi connectivity index (χ3v) is 4.00. The van der Waals surface area contributed by atoms with Crippen LogP contribution < -0.4 is 11.2 Å². The quantitative estimate of drug-likeness (QED) is 0.746. The van der Waals surface area contributed by atoms with Crippen LogP contribution in [0.1, 0.15) is 12.8 Å². The number of aromatic nitrogens is 4. The molecule has 1 fully saturated rings. The maximum atomic E-state index is 12.3. The summed E-state index contributed by atoms with van der Waals surface area (Å²) in [7, 11) is 3.02. The molecule has 0 radical (unpaired) electrons. The molecule has 2 aromatic rings. The van der Waals surface area contributed by atoms with Gasteiger partial charge < -0.3 is 9.30 Å².